The first-order chi connectivity index (χ1) is 18.7. The minimum atomic E-state index is -0.711. The van der Waals surface area contributed by atoms with E-state index in [1.807, 2.05) is 32.0 Å². The first kappa shape index (κ1) is 27.1. The molecule has 0 bridgehead atoms. The number of hydrogen-bond acceptors (Lipinski definition) is 7. The lowest BCUT2D eigenvalue weighted by atomic mass is 9.78. The van der Waals surface area contributed by atoms with Gasteiger partial charge in [0.25, 0.3) is 11.8 Å². The molecule has 0 spiro atoms. The van der Waals surface area contributed by atoms with Gasteiger partial charge < -0.3 is 21.5 Å². The van der Waals surface area contributed by atoms with Crippen molar-refractivity contribution in [2.45, 2.75) is 45.3 Å². The lowest BCUT2D eigenvalue weighted by Gasteiger charge is -2.37. The average Bonchev–Trinajstić information content (AvgIpc) is 3.29. The number of nitrogens with zero attached hydrogens (tertiary/aromatic N) is 4. The highest BCUT2D eigenvalue weighted by molar-refractivity contribution is 6.12. The molecule has 1 fully saturated rings. The summed E-state index contributed by atoms with van der Waals surface area (Å²) in [5.41, 5.74) is 14.7. The van der Waals surface area contributed by atoms with Gasteiger partial charge in [-0.05, 0) is 75.4 Å². The number of hydrogen-bond donors (Lipinski definition) is 3. The zero-order chi connectivity index (χ0) is 27.9. The number of para-hydroxylation sites is 1. The molecule has 200 valence electrons. The molecule has 0 aliphatic heterocycles. The van der Waals surface area contributed by atoms with Crippen molar-refractivity contribution in [2.24, 2.45) is 22.4 Å². The maximum absolute atomic E-state index is 12.9. The molecule has 10 heteroatoms. The SMILES string of the molecule is Cc1c(C(=O)N[C@@H](C)CC2CC(OC(N)=C(C=Nc3ccccc3)C(N)=O)C2)cnn1-c1ccc(C#N)cc1. The van der Waals surface area contributed by atoms with Crippen LogP contribution in [0.15, 0.2) is 77.2 Å². The molecular formula is C29H31N7O3. The number of ether oxygens (including phenoxy) is 1. The van der Waals surface area contributed by atoms with Crippen molar-refractivity contribution < 1.29 is 14.3 Å². The fourth-order valence-electron chi connectivity index (χ4n) is 4.54. The number of benzene rings is 2. The van der Waals surface area contributed by atoms with Crippen molar-refractivity contribution in [1.29, 1.82) is 5.26 Å². The number of carbonyl (C=O) groups excluding carboxylic acids is 2. The molecule has 1 aromatic heterocycles. The summed E-state index contributed by atoms with van der Waals surface area (Å²) in [5, 5.41) is 16.4. The maximum Gasteiger partial charge on any atom is 0.255 e. The molecule has 5 N–H and O–H groups in total. The van der Waals surface area contributed by atoms with Crippen LogP contribution in [0.5, 0.6) is 0 Å². The minimum Gasteiger partial charge on any atom is -0.475 e. The van der Waals surface area contributed by atoms with Crippen LogP contribution in [0.4, 0.5) is 5.69 Å². The summed E-state index contributed by atoms with van der Waals surface area (Å²) >= 11 is 0. The van der Waals surface area contributed by atoms with E-state index in [2.05, 4.69) is 21.5 Å². The Morgan fingerprint density at radius 1 is 1.21 bits per heavy atom. The second-order valence-corrected chi connectivity index (χ2v) is 9.64. The highest BCUT2D eigenvalue weighted by Gasteiger charge is 2.33. The van der Waals surface area contributed by atoms with Crippen molar-refractivity contribution in [2.75, 3.05) is 0 Å². The summed E-state index contributed by atoms with van der Waals surface area (Å²) in [7, 11) is 0. The van der Waals surface area contributed by atoms with E-state index >= 15 is 0 Å². The van der Waals surface area contributed by atoms with Gasteiger partial charge in [-0.1, -0.05) is 18.2 Å². The second kappa shape index (κ2) is 12.1. The number of rotatable bonds is 10. The molecule has 0 saturated heterocycles. The molecule has 10 nitrogen and oxygen atoms in total. The number of nitrogens with one attached hydrogen (secondary N) is 1. The Morgan fingerprint density at radius 3 is 2.54 bits per heavy atom. The van der Waals surface area contributed by atoms with E-state index in [0.717, 1.165) is 24.9 Å². The Labute approximate surface area is 227 Å². The fourth-order valence-corrected chi connectivity index (χ4v) is 4.54. The molecule has 0 radical (unpaired) electrons. The Bertz CT molecular complexity index is 1430. The first-order valence-electron chi connectivity index (χ1n) is 12.7. The van der Waals surface area contributed by atoms with E-state index in [-0.39, 0.29) is 29.5 Å². The van der Waals surface area contributed by atoms with Gasteiger partial charge in [-0.3, -0.25) is 14.6 Å². The van der Waals surface area contributed by atoms with Gasteiger partial charge in [-0.2, -0.15) is 10.4 Å². The topological polar surface area (TPSA) is 161 Å². The van der Waals surface area contributed by atoms with Crippen molar-refractivity contribution in [1.82, 2.24) is 15.1 Å². The molecule has 2 amide bonds. The summed E-state index contributed by atoms with van der Waals surface area (Å²) in [6.07, 6.45) is 5.01. The van der Waals surface area contributed by atoms with E-state index < -0.39 is 5.91 Å². The molecule has 1 aliphatic rings. The third kappa shape index (κ3) is 6.70. The van der Waals surface area contributed by atoms with Crippen LogP contribution in [0.2, 0.25) is 0 Å². The smallest absolute Gasteiger partial charge is 0.255 e. The molecule has 1 atom stereocenters. The summed E-state index contributed by atoms with van der Waals surface area (Å²) in [6, 6.07) is 18.2. The van der Waals surface area contributed by atoms with Crippen molar-refractivity contribution >= 4 is 23.7 Å². The van der Waals surface area contributed by atoms with E-state index in [9.17, 15) is 9.59 Å². The van der Waals surface area contributed by atoms with Gasteiger partial charge in [-0.25, -0.2) is 4.68 Å². The van der Waals surface area contributed by atoms with E-state index in [1.165, 1.54) is 6.21 Å². The number of nitrogens with two attached hydrogens (primary N) is 2. The fraction of sp³-hybridized carbons (Fsp3) is 0.276. The van der Waals surface area contributed by atoms with Crippen LogP contribution in [0.1, 0.15) is 47.8 Å². The highest BCUT2D eigenvalue weighted by Crippen LogP contribution is 2.34. The predicted molar refractivity (Wildman–Crippen MR) is 147 cm³/mol. The van der Waals surface area contributed by atoms with Gasteiger partial charge >= 0.3 is 0 Å². The van der Waals surface area contributed by atoms with Crippen LogP contribution in [0.25, 0.3) is 5.69 Å². The van der Waals surface area contributed by atoms with Gasteiger partial charge in [0.05, 0.1) is 40.5 Å². The monoisotopic (exact) mass is 525 g/mol. The number of carbonyl (C=O) groups is 2. The van der Waals surface area contributed by atoms with Gasteiger partial charge in [-0.15, -0.1) is 0 Å². The van der Waals surface area contributed by atoms with Crippen LogP contribution in [-0.2, 0) is 9.53 Å². The molecule has 39 heavy (non-hydrogen) atoms. The van der Waals surface area contributed by atoms with Crippen LogP contribution in [-0.4, -0.2) is 40.0 Å². The minimum absolute atomic E-state index is 0.0276. The van der Waals surface area contributed by atoms with Crippen LogP contribution < -0.4 is 16.8 Å². The van der Waals surface area contributed by atoms with Crippen molar-refractivity contribution in [3.8, 4) is 11.8 Å². The Balaban J connectivity index is 1.28. The number of aliphatic imine (C=N–C) groups is 1. The molecule has 1 saturated carbocycles. The number of primary amides is 1. The Morgan fingerprint density at radius 2 is 1.90 bits per heavy atom. The van der Waals surface area contributed by atoms with Crippen LogP contribution >= 0.6 is 0 Å². The maximum atomic E-state index is 12.9. The molecule has 4 rings (SSSR count). The molecule has 3 aromatic rings. The van der Waals surface area contributed by atoms with Gasteiger partial charge in [0, 0.05) is 12.3 Å². The Kier molecular flexibility index (Phi) is 8.41. The molecule has 1 heterocycles. The van der Waals surface area contributed by atoms with Gasteiger partial charge in [0.1, 0.15) is 11.7 Å². The second-order valence-electron chi connectivity index (χ2n) is 9.64. The lowest BCUT2D eigenvalue weighted by Crippen LogP contribution is -2.39. The third-order valence-electron chi connectivity index (χ3n) is 6.68. The molecular weight excluding hydrogens is 494 g/mol. The average molecular weight is 526 g/mol. The zero-order valence-corrected chi connectivity index (χ0v) is 21.9. The van der Waals surface area contributed by atoms with E-state index in [0.29, 0.717) is 28.4 Å². The molecule has 1 aliphatic carbocycles. The number of aromatic nitrogens is 2. The summed E-state index contributed by atoms with van der Waals surface area (Å²) < 4.78 is 7.46. The molecule has 0 unspecified atom stereocenters. The quantitative estimate of drug-likeness (QED) is 0.209. The van der Waals surface area contributed by atoms with Crippen molar-refractivity contribution in [3.05, 3.63) is 89.1 Å². The summed E-state index contributed by atoms with van der Waals surface area (Å²) in [6.45, 7) is 3.80. The lowest BCUT2D eigenvalue weighted by molar-refractivity contribution is -0.114. The van der Waals surface area contributed by atoms with Gasteiger partial charge in [0.15, 0.2) is 5.88 Å². The predicted octanol–water partition coefficient (Wildman–Crippen LogP) is 3.41. The number of amides is 2. The molecule has 2 aromatic carbocycles. The standard InChI is InChI=1S/C29H31N7O3/c1-18(35-29(38)25-17-34-36(19(25)2)23-10-8-20(15-30)9-11-23)12-21-13-24(14-21)39-28(32)26(27(31)37)16-33-22-6-4-3-5-7-22/h3-11,16-18,21,24H,12-14,32H2,1-2H3,(H2,31,37)(H,35,38)/t18-,21?,24?/m0/s1. The third-order valence-corrected chi connectivity index (χ3v) is 6.68. The van der Waals surface area contributed by atoms with Gasteiger partial charge in [0.2, 0.25) is 0 Å². The van der Waals surface area contributed by atoms with Crippen LogP contribution in [0, 0.1) is 24.2 Å². The van der Waals surface area contributed by atoms with Crippen LogP contribution in [0.3, 0.4) is 0 Å². The largest absolute Gasteiger partial charge is 0.475 e. The Hall–Kier alpha value is -4.91. The highest BCUT2D eigenvalue weighted by atomic mass is 16.5. The normalized spacial score (nSPS) is 18.0. The van der Waals surface area contributed by atoms with E-state index in [4.69, 9.17) is 21.5 Å². The summed E-state index contributed by atoms with van der Waals surface area (Å²) in [5.74, 6) is -0.600. The zero-order valence-electron chi connectivity index (χ0n) is 21.9. The summed E-state index contributed by atoms with van der Waals surface area (Å²) in [4.78, 5) is 29.0. The number of nitriles is 1. The van der Waals surface area contributed by atoms with E-state index in [1.54, 1.807) is 47.3 Å². The first-order valence-corrected chi connectivity index (χ1v) is 12.7. The van der Waals surface area contributed by atoms with Crippen molar-refractivity contribution in [3.63, 3.8) is 0 Å².